The minimum atomic E-state index is -0.555. The number of aromatic nitrogens is 3. The number of para-hydroxylation sites is 1. The quantitative estimate of drug-likeness (QED) is 0.454. The smallest absolute Gasteiger partial charge is 0.300 e. The van der Waals surface area contributed by atoms with Crippen LogP contribution in [0.25, 0.3) is 26.1 Å². The van der Waals surface area contributed by atoms with Gasteiger partial charge in [0.1, 0.15) is 11.2 Å². The first-order valence-corrected chi connectivity index (χ1v) is 11.2. The van der Waals surface area contributed by atoms with E-state index in [4.69, 9.17) is 0 Å². The number of anilines is 1. The van der Waals surface area contributed by atoms with Crippen molar-refractivity contribution in [2.24, 2.45) is 0 Å². The average Bonchev–Trinajstić information content (AvgIpc) is 3.38. The van der Waals surface area contributed by atoms with E-state index in [1.54, 1.807) is 29.6 Å². The van der Waals surface area contributed by atoms with Crippen LogP contribution in [0.2, 0.25) is 0 Å². The Hall–Kier alpha value is -3.56. The monoisotopic (exact) mass is 448 g/mol. The minimum absolute atomic E-state index is 0.228. The standard InChI is InChI=1S/C22H16N4O3S2/c1-13-5-4-6-14(11-13)26-20(28)19-16(9-10-30-19)25(22(26)29)12-18(27)24-21-23-15-7-2-3-8-17(15)31-21/h2-11H,12H2,1H3,(H,23,24,27). The van der Waals surface area contributed by atoms with Crippen molar-refractivity contribution in [2.75, 3.05) is 5.32 Å². The molecule has 0 aliphatic carbocycles. The van der Waals surface area contributed by atoms with Crippen LogP contribution in [0, 0.1) is 6.92 Å². The van der Waals surface area contributed by atoms with Crippen LogP contribution in [-0.4, -0.2) is 20.0 Å². The first kappa shape index (κ1) is 19.4. The summed E-state index contributed by atoms with van der Waals surface area (Å²) in [5.41, 5.74) is 1.71. The number of nitrogens with zero attached hydrogens (tertiary/aromatic N) is 3. The molecule has 0 bridgehead atoms. The van der Waals surface area contributed by atoms with Crippen LogP contribution in [0.4, 0.5) is 5.13 Å². The van der Waals surface area contributed by atoms with Gasteiger partial charge in [-0.05, 0) is 48.2 Å². The summed E-state index contributed by atoms with van der Waals surface area (Å²) in [7, 11) is 0. The van der Waals surface area contributed by atoms with Gasteiger partial charge in [0.2, 0.25) is 5.91 Å². The van der Waals surface area contributed by atoms with Crippen molar-refractivity contribution >= 4 is 54.1 Å². The largest absolute Gasteiger partial charge is 0.336 e. The SMILES string of the molecule is Cc1cccc(-n2c(=O)c3sccc3n(CC(=O)Nc3nc4ccccc4s3)c2=O)c1. The number of aryl methyl sites for hydroxylation is 1. The second-order valence-electron chi connectivity index (χ2n) is 7.02. The molecule has 0 saturated heterocycles. The topological polar surface area (TPSA) is 86.0 Å². The minimum Gasteiger partial charge on any atom is -0.300 e. The van der Waals surface area contributed by atoms with E-state index >= 15 is 0 Å². The molecule has 5 aromatic rings. The fourth-order valence-electron chi connectivity index (χ4n) is 3.46. The summed E-state index contributed by atoms with van der Waals surface area (Å²) >= 11 is 2.61. The summed E-state index contributed by atoms with van der Waals surface area (Å²) < 4.78 is 3.84. The van der Waals surface area contributed by atoms with Crippen LogP contribution >= 0.6 is 22.7 Å². The highest BCUT2D eigenvalue weighted by atomic mass is 32.1. The highest BCUT2D eigenvalue weighted by Crippen LogP contribution is 2.25. The third kappa shape index (κ3) is 3.47. The molecule has 0 unspecified atom stereocenters. The van der Waals surface area contributed by atoms with Gasteiger partial charge in [-0.15, -0.1) is 11.3 Å². The fourth-order valence-corrected chi connectivity index (χ4v) is 5.17. The van der Waals surface area contributed by atoms with Crippen LogP contribution in [0.15, 0.2) is 69.6 Å². The van der Waals surface area contributed by atoms with Gasteiger partial charge in [-0.1, -0.05) is 35.6 Å². The number of thiazole rings is 1. The van der Waals surface area contributed by atoms with Crippen molar-refractivity contribution in [2.45, 2.75) is 13.5 Å². The van der Waals surface area contributed by atoms with Crippen LogP contribution in [-0.2, 0) is 11.3 Å². The van der Waals surface area contributed by atoms with E-state index in [2.05, 4.69) is 10.3 Å². The lowest BCUT2D eigenvalue weighted by atomic mass is 10.2. The van der Waals surface area contributed by atoms with E-state index in [9.17, 15) is 14.4 Å². The molecule has 3 heterocycles. The van der Waals surface area contributed by atoms with Crippen molar-refractivity contribution in [3.63, 3.8) is 0 Å². The summed E-state index contributed by atoms with van der Waals surface area (Å²) in [5.74, 6) is -0.386. The molecule has 3 aromatic heterocycles. The Balaban J connectivity index is 1.56. The summed E-state index contributed by atoms with van der Waals surface area (Å²) in [5, 5.41) is 4.98. The van der Waals surface area contributed by atoms with Crippen LogP contribution in [0.5, 0.6) is 0 Å². The third-order valence-corrected chi connectivity index (χ3v) is 6.70. The van der Waals surface area contributed by atoms with Gasteiger partial charge in [-0.3, -0.25) is 14.2 Å². The van der Waals surface area contributed by atoms with Gasteiger partial charge < -0.3 is 5.32 Å². The Bertz CT molecular complexity index is 1540. The number of carbonyl (C=O) groups excluding carboxylic acids is 1. The molecule has 31 heavy (non-hydrogen) atoms. The van der Waals surface area contributed by atoms with Gasteiger partial charge in [-0.25, -0.2) is 14.3 Å². The normalized spacial score (nSPS) is 11.3. The molecule has 0 atom stereocenters. The summed E-state index contributed by atoms with van der Waals surface area (Å²) in [6.45, 7) is 1.66. The second kappa shape index (κ2) is 7.60. The average molecular weight is 449 g/mol. The number of nitrogens with one attached hydrogen (secondary N) is 1. The van der Waals surface area contributed by atoms with Crippen LogP contribution < -0.4 is 16.6 Å². The molecule has 0 saturated carbocycles. The zero-order valence-electron chi connectivity index (χ0n) is 16.4. The Kier molecular flexibility index (Phi) is 4.76. The van der Waals surface area contributed by atoms with Gasteiger partial charge >= 0.3 is 5.69 Å². The molecule has 0 fully saturated rings. The van der Waals surface area contributed by atoms with E-state index in [1.807, 2.05) is 37.3 Å². The zero-order valence-corrected chi connectivity index (χ0v) is 18.0. The van der Waals surface area contributed by atoms with E-state index in [0.29, 0.717) is 21.0 Å². The van der Waals surface area contributed by atoms with E-state index in [-0.39, 0.29) is 18.0 Å². The molecule has 2 aromatic carbocycles. The maximum absolute atomic E-state index is 13.3. The molecular weight excluding hydrogens is 432 g/mol. The molecular formula is C22H16N4O3S2. The molecule has 0 radical (unpaired) electrons. The number of benzene rings is 2. The van der Waals surface area contributed by atoms with E-state index in [0.717, 1.165) is 20.3 Å². The molecule has 0 aliphatic heterocycles. The van der Waals surface area contributed by atoms with Gasteiger partial charge in [0.05, 0.1) is 21.4 Å². The van der Waals surface area contributed by atoms with Crippen molar-refractivity contribution in [3.05, 3.63) is 86.4 Å². The Labute approximate surface area is 183 Å². The summed E-state index contributed by atoms with van der Waals surface area (Å²) in [6.07, 6.45) is 0. The maximum atomic E-state index is 13.3. The predicted molar refractivity (Wildman–Crippen MR) is 125 cm³/mol. The number of amides is 1. The molecule has 1 N–H and O–H groups in total. The van der Waals surface area contributed by atoms with Crippen molar-refractivity contribution in [1.82, 2.24) is 14.1 Å². The van der Waals surface area contributed by atoms with Crippen molar-refractivity contribution in [1.29, 1.82) is 0 Å². The summed E-state index contributed by atoms with van der Waals surface area (Å²) in [6, 6.07) is 16.4. The maximum Gasteiger partial charge on any atom is 0.336 e. The van der Waals surface area contributed by atoms with Crippen LogP contribution in [0.3, 0.4) is 0 Å². The first-order valence-electron chi connectivity index (χ1n) is 9.47. The Morgan fingerprint density at radius 2 is 1.94 bits per heavy atom. The molecule has 9 heteroatoms. The number of fused-ring (bicyclic) bond motifs is 2. The Morgan fingerprint density at radius 3 is 2.74 bits per heavy atom. The second-order valence-corrected chi connectivity index (χ2v) is 8.96. The number of thiophene rings is 1. The van der Waals surface area contributed by atoms with Gasteiger partial charge in [0, 0.05) is 0 Å². The molecule has 7 nitrogen and oxygen atoms in total. The number of hydrogen-bond donors (Lipinski definition) is 1. The number of carbonyl (C=O) groups is 1. The van der Waals surface area contributed by atoms with Gasteiger partial charge in [-0.2, -0.15) is 0 Å². The molecule has 0 aliphatic rings. The molecule has 154 valence electrons. The van der Waals surface area contributed by atoms with Gasteiger partial charge in [0.25, 0.3) is 5.56 Å². The highest BCUT2D eigenvalue weighted by molar-refractivity contribution is 7.22. The van der Waals surface area contributed by atoms with Crippen LogP contribution in [0.1, 0.15) is 5.56 Å². The van der Waals surface area contributed by atoms with E-state index in [1.165, 1.54) is 27.2 Å². The van der Waals surface area contributed by atoms with E-state index < -0.39 is 5.69 Å². The van der Waals surface area contributed by atoms with Crippen molar-refractivity contribution < 1.29 is 4.79 Å². The summed E-state index contributed by atoms with van der Waals surface area (Å²) in [4.78, 5) is 43.5. The Morgan fingerprint density at radius 1 is 1.10 bits per heavy atom. The lowest BCUT2D eigenvalue weighted by molar-refractivity contribution is -0.116. The zero-order chi connectivity index (χ0) is 21.5. The third-order valence-electron chi connectivity index (χ3n) is 4.86. The lowest BCUT2D eigenvalue weighted by Gasteiger charge is -2.12. The number of rotatable bonds is 4. The predicted octanol–water partition coefficient (Wildman–Crippen LogP) is 3.77. The fraction of sp³-hybridized carbons (Fsp3) is 0.0909. The lowest BCUT2D eigenvalue weighted by Crippen LogP contribution is -2.40. The first-order chi connectivity index (χ1) is 15.0. The highest BCUT2D eigenvalue weighted by Gasteiger charge is 2.18. The molecule has 1 amide bonds. The van der Waals surface area contributed by atoms with Crippen molar-refractivity contribution in [3.8, 4) is 5.69 Å². The molecule has 0 spiro atoms. The number of hydrogen-bond acceptors (Lipinski definition) is 6. The molecule has 5 rings (SSSR count). The van der Waals surface area contributed by atoms with Gasteiger partial charge in [0.15, 0.2) is 5.13 Å².